The Morgan fingerprint density at radius 1 is 1.40 bits per heavy atom. The zero-order valence-corrected chi connectivity index (χ0v) is 10.6. The second kappa shape index (κ2) is 4.80. The van der Waals surface area contributed by atoms with E-state index >= 15 is 0 Å². The number of nitrogens with zero attached hydrogens (tertiary/aromatic N) is 1. The van der Waals surface area contributed by atoms with Crippen LogP contribution in [0, 0.1) is 5.92 Å². The van der Waals surface area contributed by atoms with Crippen LogP contribution in [0.4, 0.5) is 0 Å². The van der Waals surface area contributed by atoms with Gasteiger partial charge in [-0.15, -0.1) is 0 Å². The maximum absolute atomic E-state index is 12.1. The maximum atomic E-state index is 12.1. The van der Waals surface area contributed by atoms with E-state index in [4.69, 9.17) is 5.73 Å². The molecule has 0 radical (unpaired) electrons. The van der Waals surface area contributed by atoms with E-state index in [0.717, 1.165) is 12.8 Å². The van der Waals surface area contributed by atoms with Crippen LogP contribution in [-0.2, 0) is 10.0 Å². The molecular formula is C10H22N2O2S. The average molecular weight is 234 g/mol. The van der Waals surface area contributed by atoms with Gasteiger partial charge in [-0.3, -0.25) is 0 Å². The van der Waals surface area contributed by atoms with Gasteiger partial charge in [-0.1, -0.05) is 13.8 Å². The Kier molecular flexibility index (Phi) is 4.14. The van der Waals surface area contributed by atoms with E-state index in [1.165, 1.54) is 0 Å². The van der Waals surface area contributed by atoms with Crippen LogP contribution in [0.15, 0.2) is 0 Å². The predicted molar refractivity (Wildman–Crippen MR) is 62.0 cm³/mol. The van der Waals surface area contributed by atoms with Gasteiger partial charge in [-0.25, -0.2) is 8.42 Å². The molecule has 0 aromatic rings. The van der Waals surface area contributed by atoms with Crippen molar-refractivity contribution in [1.82, 2.24) is 4.31 Å². The summed E-state index contributed by atoms with van der Waals surface area (Å²) in [6.07, 6.45) is 1.95. The second-order valence-corrected chi connectivity index (χ2v) is 6.96. The lowest BCUT2D eigenvalue weighted by molar-refractivity contribution is 0.313. The molecule has 0 spiro atoms. The first-order valence-electron chi connectivity index (χ1n) is 5.62. The van der Waals surface area contributed by atoms with E-state index in [-0.39, 0.29) is 12.6 Å². The quantitative estimate of drug-likeness (QED) is 0.782. The minimum absolute atomic E-state index is 0.170. The molecule has 0 bridgehead atoms. The standard InChI is InChI=1S/C10H22N2O2S/c1-8(2)10-5-4-6-12(10)15(13,14)9(3)7-11/h8-10H,4-7,11H2,1-3H3. The second-order valence-electron chi connectivity index (χ2n) is 4.66. The van der Waals surface area contributed by atoms with Gasteiger partial charge in [-0.05, 0) is 25.7 Å². The molecule has 2 unspecified atom stereocenters. The highest BCUT2D eigenvalue weighted by molar-refractivity contribution is 7.89. The number of hydrogen-bond acceptors (Lipinski definition) is 3. The highest BCUT2D eigenvalue weighted by Gasteiger charge is 2.38. The van der Waals surface area contributed by atoms with Crippen molar-refractivity contribution in [3.63, 3.8) is 0 Å². The first-order valence-corrected chi connectivity index (χ1v) is 7.12. The Morgan fingerprint density at radius 2 is 2.00 bits per heavy atom. The van der Waals surface area contributed by atoms with Gasteiger partial charge in [0.25, 0.3) is 0 Å². The predicted octanol–water partition coefficient (Wildman–Crippen LogP) is 0.784. The van der Waals surface area contributed by atoms with Gasteiger partial charge >= 0.3 is 0 Å². The third-order valence-electron chi connectivity index (χ3n) is 3.19. The molecule has 1 aliphatic heterocycles. The number of nitrogens with two attached hydrogens (primary N) is 1. The van der Waals surface area contributed by atoms with Crippen LogP contribution in [0.3, 0.4) is 0 Å². The third-order valence-corrected chi connectivity index (χ3v) is 5.50. The Morgan fingerprint density at radius 3 is 2.47 bits per heavy atom. The van der Waals surface area contributed by atoms with Gasteiger partial charge in [0.1, 0.15) is 0 Å². The molecule has 1 saturated heterocycles. The number of rotatable bonds is 4. The molecule has 0 saturated carbocycles. The van der Waals surface area contributed by atoms with Crippen molar-refractivity contribution >= 4 is 10.0 Å². The van der Waals surface area contributed by atoms with E-state index in [2.05, 4.69) is 13.8 Å². The van der Waals surface area contributed by atoms with Crippen LogP contribution in [0.5, 0.6) is 0 Å². The van der Waals surface area contributed by atoms with Gasteiger partial charge in [0.05, 0.1) is 5.25 Å². The molecule has 1 fully saturated rings. The summed E-state index contributed by atoms with van der Waals surface area (Å²) in [5, 5.41) is -0.461. The summed E-state index contributed by atoms with van der Waals surface area (Å²) in [7, 11) is -3.17. The summed E-state index contributed by atoms with van der Waals surface area (Å²) in [5.41, 5.74) is 5.44. The van der Waals surface area contributed by atoms with E-state index in [1.807, 2.05) is 0 Å². The van der Waals surface area contributed by atoms with E-state index in [1.54, 1.807) is 11.2 Å². The first-order chi connectivity index (χ1) is 6.91. The lowest BCUT2D eigenvalue weighted by Gasteiger charge is -2.29. The van der Waals surface area contributed by atoms with Crippen LogP contribution in [0.25, 0.3) is 0 Å². The molecule has 0 aromatic carbocycles. The van der Waals surface area contributed by atoms with Crippen molar-refractivity contribution in [3.8, 4) is 0 Å². The Bertz CT molecular complexity index is 301. The summed E-state index contributed by atoms with van der Waals surface area (Å²) in [6.45, 7) is 6.70. The largest absolute Gasteiger partial charge is 0.329 e. The zero-order valence-electron chi connectivity index (χ0n) is 9.81. The van der Waals surface area contributed by atoms with Crippen LogP contribution in [0.2, 0.25) is 0 Å². The van der Waals surface area contributed by atoms with Crippen LogP contribution >= 0.6 is 0 Å². The fourth-order valence-electron chi connectivity index (χ4n) is 2.10. The topological polar surface area (TPSA) is 63.4 Å². The summed E-state index contributed by atoms with van der Waals surface area (Å²) in [6, 6.07) is 0.170. The lowest BCUT2D eigenvalue weighted by atomic mass is 10.0. The van der Waals surface area contributed by atoms with E-state index < -0.39 is 15.3 Å². The third kappa shape index (κ3) is 2.52. The minimum Gasteiger partial charge on any atom is -0.329 e. The van der Waals surface area contributed by atoms with Gasteiger partial charge in [0.15, 0.2) is 0 Å². The Hall–Kier alpha value is -0.130. The van der Waals surface area contributed by atoms with Crippen molar-refractivity contribution in [3.05, 3.63) is 0 Å². The summed E-state index contributed by atoms with van der Waals surface area (Å²) >= 11 is 0. The molecule has 0 aliphatic carbocycles. The molecule has 2 atom stereocenters. The Labute approximate surface area is 92.9 Å². The zero-order chi connectivity index (χ0) is 11.6. The van der Waals surface area contributed by atoms with Crippen molar-refractivity contribution in [2.45, 2.75) is 44.9 Å². The van der Waals surface area contributed by atoms with Crippen molar-refractivity contribution in [2.75, 3.05) is 13.1 Å². The first kappa shape index (κ1) is 12.9. The molecule has 15 heavy (non-hydrogen) atoms. The summed E-state index contributed by atoms with van der Waals surface area (Å²) in [5.74, 6) is 0.382. The maximum Gasteiger partial charge on any atom is 0.218 e. The highest BCUT2D eigenvalue weighted by atomic mass is 32.2. The van der Waals surface area contributed by atoms with Gasteiger partial charge in [0.2, 0.25) is 10.0 Å². The summed E-state index contributed by atoms with van der Waals surface area (Å²) in [4.78, 5) is 0. The molecule has 5 heteroatoms. The molecule has 1 aliphatic rings. The van der Waals surface area contributed by atoms with Crippen LogP contribution in [-0.4, -0.2) is 37.1 Å². The van der Waals surface area contributed by atoms with Gasteiger partial charge in [0, 0.05) is 19.1 Å². The molecule has 90 valence electrons. The fourth-order valence-corrected chi connectivity index (χ4v) is 3.92. The molecule has 1 heterocycles. The van der Waals surface area contributed by atoms with Crippen LogP contribution in [0.1, 0.15) is 33.6 Å². The van der Waals surface area contributed by atoms with Crippen LogP contribution < -0.4 is 5.73 Å². The lowest BCUT2D eigenvalue weighted by Crippen LogP contribution is -2.45. The number of sulfonamides is 1. The van der Waals surface area contributed by atoms with E-state index in [9.17, 15) is 8.42 Å². The fraction of sp³-hybridized carbons (Fsp3) is 1.00. The van der Waals surface area contributed by atoms with E-state index in [0.29, 0.717) is 12.5 Å². The number of hydrogen-bond donors (Lipinski definition) is 1. The SMILES string of the molecule is CC(C)C1CCCN1S(=O)(=O)C(C)CN. The van der Waals surface area contributed by atoms with Crippen molar-refractivity contribution < 1.29 is 8.42 Å². The smallest absolute Gasteiger partial charge is 0.218 e. The molecular weight excluding hydrogens is 212 g/mol. The molecule has 2 N–H and O–H groups in total. The monoisotopic (exact) mass is 234 g/mol. The molecule has 1 rings (SSSR count). The molecule has 0 aromatic heterocycles. The normalized spacial score (nSPS) is 26.1. The highest BCUT2D eigenvalue weighted by Crippen LogP contribution is 2.28. The molecule has 0 amide bonds. The van der Waals surface area contributed by atoms with Crippen molar-refractivity contribution in [2.24, 2.45) is 11.7 Å². The molecule has 4 nitrogen and oxygen atoms in total. The van der Waals surface area contributed by atoms with Crippen molar-refractivity contribution in [1.29, 1.82) is 0 Å². The van der Waals surface area contributed by atoms with Gasteiger partial charge in [-0.2, -0.15) is 4.31 Å². The minimum atomic E-state index is -3.17. The summed E-state index contributed by atoms with van der Waals surface area (Å²) < 4.78 is 25.9. The average Bonchev–Trinajstić information content (AvgIpc) is 2.65. The van der Waals surface area contributed by atoms with Gasteiger partial charge < -0.3 is 5.73 Å². The Balaban J connectivity index is 2.87.